The number of aromatic nitrogens is 4. The molecule has 4 aromatic carbocycles. The molecule has 0 atom stereocenters. The Labute approximate surface area is 283 Å². The standard InChI is InChI=1S/C38H30N8O3/c39-25-31-1-11-33(12-2-31)45(43-23-21-41-27-43)37(47)19-9-29-5-15-35(16-6-29)49-36-17-7-30(8-18-36)10-20-38(48)46(44-24-22-42-28-44)34-13-3-32(26-40)4-14-34/h1-8,11-18,21-24,27-28H,9-10,19-20H2. The Morgan fingerprint density at radius 1 is 0.592 bits per heavy atom. The van der Waals surface area contributed by atoms with Crippen molar-refractivity contribution in [2.45, 2.75) is 25.7 Å². The van der Waals surface area contributed by atoms with Crippen LogP contribution in [0.3, 0.4) is 0 Å². The lowest BCUT2D eigenvalue weighted by Crippen LogP contribution is -2.35. The van der Waals surface area contributed by atoms with Crippen LogP contribution in [0.1, 0.15) is 35.1 Å². The number of hydrogen-bond donors (Lipinski definition) is 0. The molecule has 11 nitrogen and oxygen atoms in total. The van der Waals surface area contributed by atoms with E-state index < -0.39 is 0 Å². The first-order valence-electron chi connectivity index (χ1n) is 15.5. The van der Waals surface area contributed by atoms with Gasteiger partial charge in [0.2, 0.25) is 11.8 Å². The normalized spacial score (nSPS) is 10.5. The molecule has 6 aromatic rings. The van der Waals surface area contributed by atoms with Crippen LogP contribution in [0.4, 0.5) is 11.4 Å². The number of carbonyl (C=O) groups excluding carboxylic acids is 2. The quantitative estimate of drug-likeness (QED) is 0.149. The molecular weight excluding hydrogens is 616 g/mol. The van der Waals surface area contributed by atoms with Crippen LogP contribution in [-0.2, 0) is 22.4 Å². The van der Waals surface area contributed by atoms with E-state index in [2.05, 4.69) is 22.1 Å². The molecule has 0 bridgehead atoms. The van der Waals surface area contributed by atoms with Crippen LogP contribution in [0.5, 0.6) is 11.5 Å². The van der Waals surface area contributed by atoms with Gasteiger partial charge in [-0.3, -0.25) is 9.59 Å². The van der Waals surface area contributed by atoms with Gasteiger partial charge in [0.15, 0.2) is 0 Å². The van der Waals surface area contributed by atoms with E-state index in [0.29, 0.717) is 46.8 Å². The van der Waals surface area contributed by atoms with Crippen LogP contribution in [-0.4, -0.2) is 31.1 Å². The molecule has 0 saturated heterocycles. The average molecular weight is 647 g/mol. The molecule has 0 unspecified atom stereocenters. The van der Waals surface area contributed by atoms with Crippen LogP contribution in [0.25, 0.3) is 0 Å². The van der Waals surface area contributed by atoms with Gasteiger partial charge in [0.1, 0.15) is 24.2 Å². The van der Waals surface area contributed by atoms with Crippen molar-refractivity contribution in [2.75, 3.05) is 10.0 Å². The fourth-order valence-corrected chi connectivity index (χ4v) is 5.21. The highest BCUT2D eigenvalue weighted by Crippen LogP contribution is 2.24. The van der Waals surface area contributed by atoms with E-state index in [1.54, 1.807) is 95.3 Å². The van der Waals surface area contributed by atoms with Gasteiger partial charge in [0.05, 0.1) is 34.6 Å². The van der Waals surface area contributed by atoms with E-state index in [1.165, 1.54) is 10.0 Å². The number of nitrogens with zero attached hydrogens (tertiary/aromatic N) is 8. The van der Waals surface area contributed by atoms with Crippen molar-refractivity contribution < 1.29 is 14.3 Å². The van der Waals surface area contributed by atoms with Crippen molar-refractivity contribution in [1.29, 1.82) is 10.5 Å². The van der Waals surface area contributed by atoms with Crippen LogP contribution in [0.15, 0.2) is 135 Å². The minimum atomic E-state index is -0.117. The van der Waals surface area contributed by atoms with Gasteiger partial charge in [-0.15, -0.1) is 0 Å². The minimum Gasteiger partial charge on any atom is -0.457 e. The maximum Gasteiger partial charge on any atom is 0.246 e. The fourth-order valence-electron chi connectivity index (χ4n) is 5.21. The van der Waals surface area contributed by atoms with Gasteiger partial charge < -0.3 is 4.74 Å². The predicted molar refractivity (Wildman–Crippen MR) is 182 cm³/mol. The first-order valence-corrected chi connectivity index (χ1v) is 15.5. The molecule has 0 aliphatic carbocycles. The molecule has 0 aliphatic rings. The Balaban J connectivity index is 1.02. The molecule has 2 amide bonds. The van der Waals surface area contributed by atoms with Gasteiger partial charge in [-0.05, 0) is 96.8 Å². The minimum absolute atomic E-state index is 0.117. The van der Waals surface area contributed by atoms with Crippen molar-refractivity contribution in [2.24, 2.45) is 0 Å². The summed E-state index contributed by atoms with van der Waals surface area (Å²) in [7, 11) is 0. The maximum absolute atomic E-state index is 13.3. The van der Waals surface area contributed by atoms with E-state index >= 15 is 0 Å². The Morgan fingerprint density at radius 3 is 1.31 bits per heavy atom. The van der Waals surface area contributed by atoms with Crippen LogP contribution < -0.4 is 14.8 Å². The zero-order valence-electron chi connectivity index (χ0n) is 26.3. The number of rotatable bonds is 12. The monoisotopic (exact) mass is 646 g/mol. The van der Waals surface area contributed by atoms with E-state index in [1.807, 2.05) is 48.5 Å². The highest BCUT2D eigenvalue weighted by atomic mass is 16.5. The lowest BCUT2D eigenvalue weighted by atomic mass is 10.1. The molecule has 49 heavy (non-hydrogen) atoms. The Bertz CT molecular complexity index is 1920. The number of amides is 2. The summed E-state index contributed by atoms with van der Waals surface area (Å²) in [6.45, 7) is 0. The molecule has 0 fully saturated rings. The fraction of sp³-hybridized carbons (Fsp3) is 0.105. The number of imidazole rings is 2. The summed E-state index contributed by atoms with van der Waals surface area (Å²) < 4.78 is 9.30. The van der Waals surface area contributed by atoms with Crippen molar-refractivity contribution in [1.82, 2.24) is 19.3 Å². The number of carbonyl (C=O) groups is 2. The largest absolute Gasteiger partial charge is 0.457 e. The van der Waals surface area contributed by atoms with E-state index in [0.717, 1.165) is 11.1 Å². The second-order valence-electron chi connectivity index (χ2n) is 11.0. The summed E-state index contributed by atoms with van der Waals surface area (Å²) in [6, 6.07) is 33.1. The number of ether oxygens (including phenoxy) is 1. The lowest BCUT2D eigenvalue weighted by Gasteiger charge is -2.23. The highest BCUT2D eigenvalue weighted by Gasteiger charge is 2.19. The van der Waals surface area contributed by atoms with Crippen molar-refractivity contribution in [3.63, 3.8) is 0 Å². The average Bonchev–Trinajstić information content (AvgIpc) is 3.88. The predicted octanol–water partition coefficient (Wildman–Crippen LogP) is 6.47. The third kappa shape index (κ3) is 7.88. The van der Waals surface area contributed by atoms with Crippen molar-refractivity contribution in [3.8, 4) is 23.6 Å². The SMILES string of the molecule is N#Cc1ccc(N(C(=O)CCc2ccc(Oc3ccc(CCC(=O)N(c4ccc(C#N)cc4)n4ccnc4)cc3)cc2)n2ccnc2)cc1. The van der Waals surface area contributed by atoms with Gasteiger partial charge >= 0.3 is 0 Å². The third-order valence-electron chi connectivity index (χ3n) is 7.73. The summed E-state index contributed by atoms with van der Waals surface area (Å²) >= 11 is 0. The molecule has 0 aliphatic heterocycles. The van der Waals surface area contributed by atoms with Crippen LogP contribution in [0, 0.1) is 22.7 Å². The maximum atomic E-state index is 13.3. The number of hydrogen-bond acceptors (Lipinski definition) is 7. The molecule has 0 radical (unpaired) electrons. The molecule has 11 heteroatoms. The lowest BCUT2D eigenvalue weighted by molar-refractivity contribution is -0.120. The Kier molecular flexibility index (Phi) is 9.84. The Hall–Kier alpha value is -6.98. The third-order valence-corrected chi connectivity index (χ3v) is 7.73. The second kappa shape index (κ2) is 15.1. The summed E-state index contributed by atoms with van der Waals surface area (Å²) in [5.41, 5.74) is 4.28. The zero-order valence-corrected chi connectivity index (χ0v) is 26.3. The first-order chi connectivity index (χ1) is 24.0. The smallest absolute Gasteiger partial charge is 0.246 e. The van der Waals surface area contributed by atoms with Gasteiger partial charge in [0.25, 0.3) is 0 Å². The van der Waals surface area contributed by atoms with Gasteiger partial charge in [-0.25, -0.2) is 29.3 Å². The summed E-state index contributed by atoms with van der Waals surface area (Å²) in [6.07, 6.45) is 11.3. The first kappa shape index (κ1) is 32.0. The molecular formula is C38H30N8O3. The number of aryl methyl sites for hydroxylation is 2. The van der Waals surface area contributed by atoms with Crippen molar-refractivity contribution >= 4 is 23.2 Å². The zero-order chi connectivity index (χ0) is 34.0. The van der Waals surface area contributed by atoms with Crippen molar-refractivity contribution in [3.05, 3.63) is 157 Å². The van der Waals surface area contributed by atoms with Gasteiger partial charge in [-0.1, -0.05) is 24.3 Å². The molecule has 6 rings (SSSR count). The number of anilines is 2. The molecule has 0 spiro atoms. The van der Waals surface area contributed by atoms with Gasteiger partial charge in [0, 0.05) is 37.6 Å². The number of nitriles is 2. The van der Waals surface area contributed by atoms with E-state index in [-0.39, 0.29) is 24.7 Å². The van der Waals surface area contributed by atoms with Gasteiger partial charge in [-0.2, -0.15) is 10.5 Å². The van der Waals surface area contributed by atoms with Crippen LogP contribution in [0.2, 0.25) is 0 Å². The van der Waals surface area contributed by atoms with Crippen LogP contribution >= 0.6 is 0 Å². The van der Waals surface area contributed by atoms with E-state index in [9.17, 15) is 9.59 Å². The molecule has 0 saturated carbocycles. The second-order valence-corrected chi connectivity index (χ2v) is 11.0. The molecule has 2 aromatic heterocycles. The Morgan fingerprint density at radius 2 is 0.980 bits per heavy atom. The summed E-state index contributed by atoms with van der Waals surface area (Å²) in [4.78, 5) is 34.8. The molecule has 240 valence electrons. The number of benzene rings is 4. The molecule has 0 N–H and O–H groups in total. The summed E-state index contributed by atoms with van der Waals surface area (Å²) in [5, 5.41) is 21.3. The topological polar surface area (TPSA) is 133 Å². The summed E-state index contributed by atoms with van der Waals surface area (Å²) in [5.74, 6) is 1.09. The molecule has 2 heterocycles. The van der Waals surface area contributed by atoms with E-state index in [4.69, 9.17) is 15.3 Å². The highest BCUT2D eigenvalue weighted by molar-refractivity contribution is 5.93.